The highest BCUT2D eigenvalue weighted by Gasteiger charge is 2.11. The first-order valence-corrected chi connectivity index (χ1v) is 5.61. The molecule has 0 aliphatic carbocycles. The zero-order valence-corrected chi connectivity index (χ0v) is 10.2. The first-order valence-electron chi connectivity index (χ1n) is 5.23. The fourth-order valence-corrected chi connectivity index (χ4v) is 1.70. The molecule has 0 aliphatic heterocycles. The second-order valence-corrected chi connectivity index (χ2v) is 3.95. The van der Waals surface area contributed by atoms with E-state index in [1.165, 1.54) is 17.2 Å². The lowest BCUT2D eigenvalue weighted by Crippen LogP contribution is -2.20. The van der Waals surface area contributed by atoms with Crippen LogP contribution in [0.15, 0.2) is 18.7 Å². The number of anilines is 1. The Labute approximate surface area is 111 Å². The first-order chi connectivity index (χ1) is 9.22. The number of hydrogen-bond donors (Lipinski definition) is 2. The van der Waals surface area contributed by atoms with Gasteiger partial charge in [-0.25, -0.2) is 9.67 Å². The number of fused-ring (bicyclic) bond motifs is 1. The molecule has 0 spiro atoms. The van der Waals surface area contributed by atoms with Gasteiger partial charge < -0.3 is 4.98 Å². The number of halogens is 1. The molecule has 10 heteroatoms. The van der Waals surface area contributed by atoms with E-state index in [-0.39, 0.29) is 23.6 Å². The van der Waals surface area contributed by atoms with Crippen LogP contribution < -0.4 is 5.32 Å². The van der Waals surface area contributed by atoms with E-state index in [0.29, 0.717) is 11.2 Å². The average molecular weight is 279 g/mol. The summed E-state index contributed by atoms with van der Waals surface area (Å²) in [5, 5.41) is 9.98. The van der Waals surface area contributed by atoms with Crippen LogP contribution in [0.5, 0.6) is 0 Å². The van der Waals surface area contributed by atoms with Crippen LogP contribution in [-0.4, -0.2) is 40.8 Å². The van der Waals surface area contributed by atoms with Crippen molar-refractivity contribution in [3.05, 3.63) is 23.9 Å². The second kappa shape index (κ2) is 4.61. The molecule has 1 amide bonds. The SMILES string of the molecule is O=C(Cn1ccnn1)Nc1nc(Cl)c2[nH]cnc2n1. The van der Waals surface area contributed by atoms with E-state index in [0.717, 1.165) is 0 Å². The molecular formula is C9H7ClN8O. The molecule has 3 aromatic rings. The van der Waals surface area contributed by atoms with Gasteiger partial charge in [-0.15, -0.1) is 5.10 Å². The molecule has 0 fully saturated rings. The molecule has 3 heterocycles. The largest absolute Gasteiger partial charge is 0.341 e. The highest BCUT2D eigenvalue weighted by atomic mass is 35.5. The van der Waals surface area contributed by atoms with E-state index in [2.05, 4.69) is 35.6 Å². The van der Waals surface area contributed by atoms with Gasteiger partial charge >= 0.3 is 0 Å². The molecule has 0 radical (unpaired) electrons. The number of nitrogens with one attached hydrogen (secondary N) is 2. The molecule has 9 nitrogen and oxygen atoms in total. The summed E-state index contributed by atoms with van der Waals surface area (Å²) in [4.78, 5) is 26.5. The minimum absolute atomic E-state index is 0.0135. The van der Waals surface area contributed by atoms with Crippen molar-refractivity contribution in [2.24, 2.45) is 0 Å². The Morgan fingerprint density at radius 3 is 3.16 bits per heavy atom. The van der Waals surface area contributed by atoms with E-state index in [1.807, 2.05) is 0 Å². The molecule has 3 aromatic heterocycles. The number of rotatable bonds is 3. The lowest BCUT2D eigenvalue weighted by atomic mass is 10.5. The summed E-state index contributed by atoms with van der Waals surface area (Å²) in [6.45, 7) is 0.0135. The number of aromatic amines is 1. The Bertz CT molecular complexity index is 721. The maximum Gasteiger partial charge on any atom is 0.248 e. The number of carbonyl (C=O) groups excluding carboxylic acids is 1. The summed E-state index contributed by atoms with van der Waals surface area (Å²) >= 11 is 5.93. The number of amides is 1. The van der Waals surface area contributed by atoms with Crippen LogP contribution in [0.3, 0.4) is 0 Å². The van der Waals surface area contributed by atoms with Gasteiger partial charge in [0, 0.05) is 6.20 Å². The Morgan fingerprint density at radius 2 is 2.37 bits per heavy atom. The van der Waals surface area contributed by atoms with Gasteiger partial charge in [-0.2, -0.15) is 9.97 Å². The van der Waals surface area contributed by atoms with Crippen LogP contribution in [0.2, 0.25) is 5.15 Å². The lowest BCUT2D eigenvalue weighted by Gasteiger charge is -2.03. The molecule has 0 saturated carbocycles. The number of hydrogen-bond acceptors (Lipinski definition) is 6. The van der Waals surface area contributed by atoms with Crippen molar-refractivity contribution in [3.8, 4) is 0 Å². The minimum Gasteiger partial charge on any atom is -0.341 e. The van der Waals surface area contributed by atoms with Crippen LogP contribution in [0.25, 0.3) is 11.2 Å². The topological polar surface area (TPSA) is 114 Å². The predicted octanol–water partition coefficient (Wildman–Crippen LogP) is 0.237. The van der Waals surface area contributed by atoms with Crippen molar-refractivity contribution in [2.45, 2.75) is 6.54 Å². The van der Waals surface area contributed by atoms with E-state index in [1.54, 1.807) is 6.20 Å². The third-order valence-corrected chi connectivity index (χ3v) is 2.54. The van der Waals surface area contributed by atoms with Crippen LogP contribution in [0.1, 0.15) is 0 Å². The van der Waals surface area contributed by atoms with Crippen molar-refractivity contribution < 1.29 is 4.79 Å². The summed E-state index contributed by atoms with van der Waals surface area (Å²) in [6, 6.07) is 0. The van der Waals surface area contributed by atoms with Crippen LogP contribution in [-0.2, 0) is 11.3 Å². The zero-order valence-electron chi connectivity index (χ0n) is 9.41. The monoisotopic (exact) mass is 278 g/mol. The summed E-state index contributed by atoms with van der Waals surface area (Å²) in [5.74, 6) is -0.244. The maximum atomic E-state index is 11.7. The van der Waals surface area contributed by atoms with E-state index >= 15 is 0 Å². The van der Waals surface area contributed by atoms with Crippen LogP contribution in [0.4, 0.5) is 5.95 Å². The molecule has 0 saturated heterocycles. The third-order valence-electron chi connectivity index (χ3n) is 2.27. The zero-order chi connectivity index (χ0) is 13.2. The van der Waals surface area contributed by atoms with Gasteiger partial charge in [0.05, 0.1) is 12.5 Å². The molecule has 96 valence electrons. The Hall–Kier alpha value is -2.55. The maximum absolute atomic E-state index is 11.7. The summed E-state index contributed by atoms with van der Waals surface area (Å²) in [5.41, 5.74) is 0.909. The minimum atomic E-state index is -0.337. The summed E-state index contributed by atoms with van der Waals surface area (Å²) < 4.78 is 1.38. The average Bonchev–Trinajstić information content (AvgIpc) is 2.99. The Morgan fingerprint density at radius 1 is 1.47 bits per heavy atom. The molecule has 0 atom stereocenters. The van der Waals surface area contributed by atoms with Gasteiger partial charge in [0.1, 0.15) is 12.1 Å². The van der Waals surface area contributed by atoms with Gasteiger partial charge in [0.15, 0.2) is 10.8 Å². The number of carbonyl (C=O) groups is 1. The summed E-state index contributed by atoms with van der Waals surface area (Å²) in [6.07, 6.45) is 4.51. The van der Waals surface area contributed by atoms with Crippen molar-refractivity contribution in [2.75, 3.05) is 5.32 Å². The number of H-pyrrole nitrogens is 1. The molecule has 3 rings (SSSR count). The molecule has 19 heavy (non-hydrogen) atoms. The molecule has 0 aliphatic rings. The molecule has 2 N–H and O–H groups in total. The van der Waals surface area contributed by atoms with E-state index in [9.17, 15) is 4.79 Å². The van der Waals surface area contributed by atoms with Crippen molar-refractivity contribution >= 4 is 34.6 Å². The second-order valence-electron chi connectivity index (χ2n) is 3.59. The Kier molecular flexibility index (Phi) is 2.80. The van der Waals surface area contributed by atoms with Crippen molar-refractivity contribution in [1.29, 1.82) is 0 Å². The highest BCUT2D eigenvalue weighted by molar-refractivity contribution is 6.33. The van der Waals surface area contributed by atoms with Crippen LogP contribution >= 0.6 is 11.6 Å². The third kappa shape index (κ3) is 2.36. The number of aromatic nitrogens is 7. The lowest BCUT2D eigenvalue weighted by molar-refractivity contribution is -0.117. The van der Waals surface area contributed by atoms with Gasteiger partial charge in [-0.3, -0.25) is 10.1 Å². The summed E-state index contributed by atoms with van der Waals surface area (Å²) in [7, 11) is 0. The van der Waals surface area contributed by atoms with Crippen molar-refractivity contribution in [3.63, 3.8) is 0 Å². The number of imidazole rings is 1. The molecule has 0 bridgehead atoms. The van der Waals surface area contributed by atoms with Gasteiger partial charge in [0.25, 0.3) is 0 Å². The molecular weight excluding hydrogens is 272 g/mol. The molecule has 0 unspecified atom stereocenters. The van der Waals surface area contributed by atoms with Crippen molar-refractivity contribution in [1.82, 2.24) is 34.9 Å². The molecule has 0 aromatic carbocycles. The van der Waals surface area contributed by atoms with Gasteiger partial charge in [0.2, 0.25) is 11.9 Å². The van der Waals surface area contributed by atoms with Gasteiger partial charge in [-0.05, 0) is 0 Å². The normalized spacial score (nSPS) is 10.8. The van der Waals surface area contributed by atoms with Gasteiger partial charge in [-0.1, -0.05) is 16.8 Å². The van der Waals surface area contributed by atoms with E-state index < -0.39 is 0 Å². The fraction of sp³-hybridized carbons (Fsp3) is 0.111. The smallest absolute Gasteiger partial charge is 0.248 e. The fourth-order valence-electron chi connectivity index (χ4n) is 1.48. The Balaban J connectivity index is 1.79. The van der Waals surface area contributed by atoms with Crippen LogP contribution in [0, 0.1) is 0 Å². The standard InChI is InChI=1S/C9H7ClN8O/c10-7-6-8(12-4-11-6)16-9(15-7)14-5(19)3-18-2-1-13-17-18/h1-2,4H,3H2,(H2,11,12,14,15,16,19). The van der Waals surface area contributed by atoms with E-state index in [4.69, 9.17) is 11.6 Å². The quantitative estimate of drug-likeness (QED) is 0.663. The predicted molar refractivity (Wildman–Crippen MR) is 65.3 cm³/mol. The highest BCUT2D eigenvalue weighted by Crippen LogP contribution is 2.17. The number of nitrogens with zero attached hydrogens (tertiary/aromatic N) is 6. The first kappa shape index (κ1) is 11.5.